The molecule has 1 nitrogen and oxygen atoms in total. The summed E-state index contributed by atoms with van der Waals surface area (Å²) in [6.07, 6.45) is 11.7. The Bertz CT molecular complexity index is 455. The molecule has 1 aliphatic carbocycles. The maximum absolute atomic E-state index is 11.0. The molecule has 0 saturated heterocycles. The van der Waals surface area contributed by atoms with Crippen LogP contribution in [0.5, 0.6) is 0 Å². The van der Waals surface area contributed by atoms with Crippen molar-refractivity contribution in [3.63, 3.8) is 0 Å². The van der Waals surface area contributed by atoms with Crippen LogP contribution in [0.25, 0.3) is 12.2 Å². The summed E-state index contributed by atoms with van der Waals surface area (Å²) in [5.41, 5.74) is 0. The van der Waals surface area contributed by atoms with Gasteiger partial charge in [0.15, 0.2) is 0 Å². The first kappa shape index (κ1) is 7.71. The molecule has 0 bridgehead atoms. The first-order valence-electron chi connectivity index (χ1n) is 3.51. The van der Waals surface area contributed by atoms with Gasteiger partial charge in [-0.15, -0.1) is 0 Å². The van der Waals surface area contributed by atoms with Gasteiger partial charge in [-0.25, -0.2) is 0 Å². The largest absolute Gasteiger partial charge is 0.288 e. The Kier molecular flexibility index (Phi) is 2.06. The lowest BCUT2D eigenvalue weighted by molar-refractivity contribution is 1.83. The van der Waals surface area contributed by atoms with Gasteiger partial charge < -0.3 is 0 Å². The average Bonchev–Trinajstić information content (AvgIpc) is 2.32. The third kappa shape index (κ3) is 1.47. The van der Waals surface area contributed by atoms with E-state index >= 15 is 0 Å². The van der Waals surface area contributed by atoms with Crippen LogP contribution in [0, 0.1) is 0 Å². The lowest BCUT2D eigenvalue weighted by Crippen LogP contribution is -2.14. The smallest absolute Gasteiger partial charge is 0.265 e. The van der Waals surface area contributed by atoms with Gasteiger partial charge in [0, 0.05) is 9.06 Å². The predicted molar refractivity (Wildman–Crippen MR) is 54.9 cm³/mol. The zero-order valence-corrected chi connectivity index (χ0v) is 7.82. The van der Waals surface area contributed by atoms with Crippen LogP contribution in [0.3, 0.4) is 0 Å². The lowest BCUT2D eigenvalue weighted by Gasteiger charge is -1.79. The zero-order valence-electron chi connectivity index (χ0n) is 6.19. The minimum Gasteiger partial charge on any atom is -0.265 e. The molecule has 0 aliphatic heterocycles. The summed E-state index contributed by atoms with van der Waals surface area (Å²) in [5.74, 6) is 0. The molecule has 0 atom stereocenters. The van der Waals surface area contributed by atoms with Crippen LogP contribution in [-0.4, -0.2) is 0 Å². The monoisotopic (exact) mass is 194 g/mol. The van der Waals surface area contributed by atoms with E-state index in [1.165, 1.54) is 22.7 Å². The summed E-state index contributed by atoms with van der Waals surface area (Å²) < 4.78 is 2.28. The summed E-state index contributed by atoms with van der Waals surface area (Å²) in [7, 11) is 0. The Hall–Kier alpha value is -0.930. The summed E-state index contributed by atoms with van der Waals surface area (Å²) >= 11 is 2.61. The van der Waals surface area contributed by atoms with Gasteiger partial charge in [-0.2, -0.15) is 0 Å². The fourth-order valence-electron chi connectivity index (χ4n) is 0.947. The third-order valence-electron chi connectivity index (χ3n) is 1.46. The molecule has 0 radical (unpaired) electrons. The van der Waals surface area contributed by atoms with Crippen molar-refractivity contribution in [1.29, 1.82) is 0 Å². The maximum Gasteiger partial charge on any atom is 0.288 e. The van der Waals surface area contributed by atoms with Crippen molar-refractivity contribution in [2.24, 2.45) is 0 Å². The van der Waals surface area contributed by atoms with Crippen molar-refractivity contribution in [3.05, 3.63) is 42.2 Å². The Labute approximate surface area is 77.3 Å². The number of hydrogen-bond acceptors (Lipinski definition) is 3. The summed E-state index contributed by atoms with van der Waals surface area (Å²) in [5, 5.41) is 0. The number of rotatable bonds is 0. The topological polar surface area (TPSA) is 17.1 Å². The normalized spacial score (nSPS) is 14.0. The summed E-state index contributed by atoms with van der Waals surface area (Å²) in [6, 6.07) is 0. The van der Waals surface area contributed by atoms with Crippen molar-refractivity contribution in [2.45, 2.75) is 0 Å². The fourth-order valence-corrected chi connectivity index (χ4v) is 2.89. The average molecular weight is 194 g/mol. The maximum atomic E-state index is 11.0. The molecule has 0 saturated carbocycles. The molecule has 2 rings (SSSR count). The highest BCUT2D eigenvalue weighted by atomic mass is 32.2. The van der Waals surface area contributed by atoms with Crippen molar-refractivity contribution in [1.82, 2.24) is 0 Å². The van der Waals surface area contributed by atoms with Gasteiger partial charge in [0.2, 0.25) is 0 Å². The van der Waals surface area contributed by atoms with Crippen LogP contribution < -0.4 is 13.1 Å². The molecule has 1 heterocycles. The molecular weight excluding hydrogens is 188 g/mol. The van der Waals surface area contributed by atoms with Gasteiger partial charge in [0.25, 0.3) is 4.06 Å². The quantitative estimate of drug-likeness (QED) is 0.598. The van der Waals surface area contributed by atoms with E-state index in [0.717, 1.165) is 9.06 Å². The van der Waals surface area contributed by atoms with Crippen molar-refractivity contribution in [2.75, 3.05) is 0 Å². The highest BCUT2D eigenvalue weighted by Crippen LogP contribution is 1.86. The van der Waals surface area contributed by atoms with Crippen LogP contribution in [-0.2, 0) is 0 Å². The van der Waals surface area contributed by atoms with E-state index in [-0.39, 0.29) is 4.06 Å². The van der Waals surface area contributed by atoms with E-state index in [9.17, 15) is 4.79 Å². The number of hydrogen-bond donors (Lipinski definition) is 0. The minimum absolute atomic E-state index is 0.163. The Balaban J connectivity index is 2.88. The molecule has 1 aliphatic rings. The van der Waals surface area contributed by atoms with Crippen LogP contribution >= 0.6 is 22.7 Å². The highest BCUT2D eigenvalue weighted by Gasteiger charge is 1.91. The Morgan fingerprint density at radius 2 is 1.33 bits per heavy atom. The zero-order chi connectivity index (χ0) is 8.39. The van der Waals surface area contributed by atoms with Gasteiger partial charge in [-0.1, -0.05) is 47.0 Å². The van der Waals surface area contributed by atoms with Gasteiger partial charge in [-0.05, 0) is 12.2 Å². The van der Waals surface area contributed by atoms with Gasteiger partial charge in [0.1, 0.15) is 0 Å². The van der Waals surface area contributed by atoms with E-state index in [1.54, 1.807) is 0 Å². The molecule has 60 valence electrons. The van der Waals surface area contributed by atoms with Crippen LogP contribution in [0.1, 0.15) is 0 Å². The van der Waals surface area contributed by atoms with Crippen molar-refractivity contribution >= 4 is 34.8 Å². The van der Waals surface area contributed by atoms with Crippen molar-refractivity contribution in [3.8, 4) is 0 Å². The lowest BCUT2D eigenvalue weighted by atomic mass is 10.3. The second-order valence-corrected chi connectivity index (χ2v) is 4.57. The van der Waals surface area contributed by atoms with E-state index < -0.39 is 0 Å². The first-order chi connectivity index (χ1) is 5.86. The molecular formula is C9H6OS2. The molecule has 1 aromatic rings. The standard InChI is InChI=1S/C9H6OS2/c10-9-11-7-5-3-1-2-4-6-8(7)12-9/h1-6H. The number of fused-ring (bicyclic) bond motifs is 1. The fraction of sp³-hybridized carbons (Fsp3) is 0. The predicted octanol–water partition coefficient (Wildman–Crippen LogP) is 0.857. The molecule has 0 unspecified atom stereocenters. The summed E-state index contributed by atoms with van der Waals surface area (Å²) in [6.45, 7) is 0. The van der Waals surface area contributed by atoms with E-state index in [2.05, 4.69) is 0 Å². The van der Waals surface area contributed by atoms with E-state index in [1.807, 2.05) is 36.5 Å². The third-order valence-corrected chi connectivity index (χ3v) is 3.57. The Morgan fingerprint density at radius 1 is 0.833 bits per heavy atom. The molecule has 0 aromatic carbocycles. The Morgan fingerprint density at radius 3 is 1.83 bits per heavy atom. The second kappa shape index (κ2) is 3.21. The molecule has 3 heteroatoms. The van der Waals surface area contributed by atoms with Crippen LogP contribution in [0.2, 0.25) is 0 Å². The molecule has 0 N–H and O–H groups in total. The van der Waals surface area contributed by atoms with E-state index in [0.29, 0.717) is 0 Å². The SMILES string of the molecule is O=c1sc2c(s1)=CC=CC=CC=2. The van der Waals surface area contributed by atoms with Gasteiger partial charge >= 0.3 is 0 Å². The van der Waals surface area contributed by atoms with Gasteiger partial charge in [-0.3, -0.25) is 4.79 Å². The van der Waals surface area contributed by atoms with Crippen LogP contribution in [0.15, 0.2) is 29.1 Å². The molecule has 0 fully saturated rings. The van der Waals surface area contributed by atoms with Gasteiger partial charge in [0.05, 0.1) is 0 Å². The summed E-state index contributed by atoms with van der Waals surface area (Å²) in [4.78, 5) is 11.0. The molecule has 0 spiro atoms. The molecule has 1 aromatic heterocycles. The second-order valence-electron chi connectivity index (χ2n) is 2.29. The number of allylic oxidation sites excluding steroid dienone is 4. The van der Waals surface area contributed by atoms with E-state index in [4.69, 9.17) is 0 Å². The molecule has 12 heavy (non-hydrogen) atoms. The minimum atomic E-state index is 0.163. The first-order valence-corrected chi connectivity index (χ1v) is 5.15. The highest BCUT2D eigenvalue weighted by molar-refractivity contribution is 7.24. The van der Waals surface area contributed by atoms with Crippen molar-refractivity contribution < 1.29 is 0 Å². The van der Waals surface area contributed by atoms with Crippen LogP contribution in [0.4, 0.5) is 0 Å². The molecule has 0 amide bonds.